The molecule has 8 nitrogen and oxygen atoms in total. The van der Waals surface area contributed by atoms with Crippen molar-refractivity contribution in [3.8, 4) is 0 Å². The highest BCUT2D eigenvalue weighted by Crippen LogP contribution is 2.27. The lowest BCUT2D eigenvalue weighted by Gasteiger charge is -2.47. The van der Waals surface area contributed by atoms with Crippen LogP contribution < -0.4 is 0 Å². The zero-order chi connectivity index (χ0) is 20.8. The molecule has 0 spiro atoms. The monoisotopic (exact) mass is 398 g/mol. The normalized spacial score (nSPS) is 25.6. The number of rotatable bonds is 9. The second-order valence-electron chi connectivity index (χ2n) is 8.04. The lowest BCUT2D eigenvalue weighted by Crippen LogP contribution is -2.63. The van der Waals surface area contributed by atoms with Crippen molar-refractivity contribution in [3.63, 3.8) is 0 Å². The average Bonchev–Trinajstić information content (AvgIpc) is 3.26. The highest BCUT2D eigenvalue weighted by molar-refractivity contribution is 5.74. The van der Waals surface area contributed by atoms with Crippen LogP contribution in [0.25, 0.3) is 0 Å². The van der Waals surface area contributed by atoms with E-state index in [0.717, 1.165) is 38.8 Å². The van der Waals surface area contributed by atoms with Crippen LogP contribution in [0.3, 0.4) is 0 Å². The van der Waals surface area contributed by atoms with Crippen molar-refractivity contribution in [2.75, 3.05) is 40.5 Å². The van der Waals surface area contributed by atoms with Crippen LogP contribution in [0.5, 0.6) is 0 Å². The van der Waals surface area contributed by atoms with Crippen LogP contribution in [-0.2, 0) is 19.1 Å². The molecule has 0 aromatic heterocycles. The van der Waals surface area contributed by atoms with Gasteiger partial charge in [-0.25, -0.2) is 10.0 Å². The van der Waals surface area contributed by atoms with E-state index in [0.29, 0.717) is 13.2 Å². The molecule has 2 amide bonds. The Hall–Kier alpha value is -1.22. The molecule has 0 aliphatic carbocycles. The molecule has 0 N–H and O–H groups in total. The Kier molecular flexibility index (Phi) is 8.67. The van der Waals surface area contributed by atoms with Crippen molar-refractivity contribution in [1.82, 2.24) is 20.0 Å². The predicted molar refractivity (Wildman–Crippen MR) is 107 cm³/mol. The first kappa shape index (κ1) is 23.1. The van der Waals surface area contributed by atoms with Crippen molar-refractivity contribution >= 4 is 11.8 Å². The average molecular weight is 399 g/mol. The molecule has 28 heavy (non-hydrogen) atoms. The Morgan fingerprint density at radius 3 is 1.50 bits per heavy atom. The molecule has 8 heteroatoms. The van der Waals surface area contributed by atoms with Gasteiger partial charge in [-0.15, -0.1) is 0 Å². The van der Waals surface area contributed by atoms with Crippen molar-refractivity contribution in [1.29, 1.82) is 0 Å². The van der Waals surface area contributed by atoms with Gasteiger partial charge in [0.2, 0.25) is 11.8 Å². The topological polar surface area (TPSA) is 65.6 Å². The molecule has 0 unspecified atom stereocenters. The first-order valence-electron chi connectivity index (χ1n) is 10.4. The molecule has 4 atom stereocenters. The van der Waals surface area contributed by atoms with Gasteiger partial charge in [-0.1, -0.05) is 0 Å². The van der Waals surface area contributed by atoms with E-state index in [4.69, 9.17) is 9.47 Å². The third-order valence-corrected chi connectivity index (χ3v) is 6.08. The van der Waals surface area contributed by atoms with Gasteiger partial charge in [-0.05, 0) is 39.5 Å². The third kappa shape index (κ3) is 5.03. The van der Waals surface area contributed by atoms with Gasteiger partial charge in [-0.2, -0.15) is 0 Å². The number of hydrogen-bond acceptors (Lipinski definition) is 6. The Labute approximate surface area is 169 Å². The first-order chi connectivity index (χ1) is 13.3. The van der Waals surface area contributed by atoms with Crippen LogP contribution in [0, 0.1) is 0 Å². The van der Waals surface area contributed by atoms with Gasteiger partial charge in [0.05, 0.1) is 37.4 Å². The minimum atomic E-state index is -0.150. The summed E-state index contributed by atoms with van der Waals surface area (Å²) in [5.41, 5.74) is 0. The Morgan fingerprint density at radius 1 is 0.857 bits per heavy atom. The highest BCUT2D eigenvalue weighted by atomic mass is 16.5. The number of amides is 2. The molecule has 2 aliphatic rings. The number of hydrazine groups is 2. The Balaban J connectivity index is 2.22. The van der Waals surface area contributed by atoms with Gasteiger partial charge in [-0.3, -0.25) is 19.6 Å². The molecule has 2 aliphatic heterocycles. The largest absolute Gasteiger partial charge is 0.383 e. The van der Waals surface area contributed by atoms with Crippen molar-refractivity contribution in [2.45, 2.75) is 77.5 Å². The number of carbonyl (C=O) groups is 2. The van der Waals surface area contributed by atoms with E-state index < -0.39 is 0 Å². The smallest absolute Gasteiger partial charge is 0.234 e. The summed E-state index contributed by atoms with van der Waals surface area (Å²) in [6.07, 6.45) is 4.10. The molecular weight excluding hydrogens is 360 g/mol. The fraction of sp³-hybridized carbons (Fsp3) is 0.900. The van der Waals surface area contributed by atoms with Crippen molar-refractivity contribution < 1.29 is 19.1 Å². The summed E-state index contributed by atoms with van der Waals surface area (Å²) in [7, 11) is 3.39. The summed E-state index contributed by atoms with van der Waals surface area (Å²) in [6.45, 7) is 10.1. The molecule has 0 aromatic carbocycles. The van der Waals surface area contributed by atoms with Crippen LogP contribution in [-0.4, -0.2) is 96.5 Å². The molecule has 162 valence electrons. The van der Waals surface area contributed by atoms with Gasteiger partial charge in [0.25, 0.3) is 0 Å². The van der Waals surface area contributed by atoms with E-state index >= 15 is 0 Å². The van der Waals surface area contributed by atoms with Crippen LogP contribution in [0.4, 0.5) is 0 Å². The summed E-state index contributed by atoms with van der Waals surface area (Å²) in [5, 5.41) is 7.97. The molecule has 2 rings (SSSR count). The zero-order valence-electron chi connectivity index (χ0n) is 18.4. The standard InChI is InChI=1S/C20H38N4O4/c1-15(23(17(3)25)21-11-7-9-19(21)13-27-5)16(2)24(18(4)26)22-12-8-10-20(22)14-28-6/h15-16,19-20H,7-14H2,1-6H3/t15-,16-,19+,20+/m1/s1. The molecule has 0 saturated carbocycles. The SMILES string of the molecule is COC[C@@H]1CCCN1N(C(C)=O)[C@H](C)[C@@H](C)N(C(C)=O)N1CCC[C@H]1COC. The minimum absolute atomic E-state index is 0.000665. The highest BCUT2D eigenvalue weighted by Gasteiger charge is 2.40. The van der Waals surface area contributed by atoms with Crippen LogP contribution >= 0.6 is 0 Å². The zero-order valence-corrected chi connectivity index (χ0v) is 18.4. The molecule has 0 bridgehead atoms. The molecular formula is C20H38N4O4. The lowest BCUT2D eigenvalue weighted by atomic mass is 10.1. The molecule has 0 radical (unpaired) electrons. The molecule has 2 heterocycles. The predicted octanol–water partition coefficient (Wildman–Crippen LogP) is 1.51. The number of methoxy groups -OCH3 is 2. The lowest BCUT2D eigenvalue weighted by molar-refractivity contribution is -0.177. The number of carbonyl (C=O) groups excluding carboxylic acids is 2. The third-order valence-electron chi connectivity index (χ3n) is 6.08. The summed E-state index contributed by atoms with van der Waals surface area (Å²) < 4.78 is 10.7. The quantitative estimate of drug-likeness (QED) is 0.587. The van der Waals surface area contributed by atoms with E-state index in [1.807, 2.05) is 23.9 Å². The molecule has 0 aromatic rings. The maximum atomic E-state index is 12.6. The summed E-state index contributed by atoms with van der Waals surface area (Å²) in [4.78, 5) is 25.2. The number of ether oxygens (including phenoxy) is 2. The van der Waals surface area contributed by atoms with Crippen molar-refractivity contribution in [2.24, 2.45) is 0 Å². The van der Waals surface area contributed by atoms with Gasteiger partial charge in [0, 0.05) is 41.2 Å². The Bertz CT molecular complexity index is 486. The summed E-state index contributed by atoms with van der Waals surface area (Å²) in [6, 6.07) is 0.0926. The van der Waals surface area contributed by atoms with E-state index in [1.165, 1.54) is 0 Å². The van der Waals surface area contributed by atoms with Crippen LogP contribution in [0.15, 0.2) is 0 Å². The van der Waals surface area contributed by atoms with Gasteiger partial charge >= 0.3 is 0 Å². The second kappa shape index (κ2) is 10.5. The van der Waals surface area contributed by atoms with E-state index in [2.05, 4.69) is 10.0 Å². The van der Waals surface area contributed by atoms with E-state index in [9.17, 15) is 9.59 Å². The molecule has 2 saturated heterocycles. The first-order valence-corrected chi connectivity index (χ1v) is 10.4. The summed E-state index contributed by atoms with van der Waals surface area (Å²) in [5.74, 6) is 0.00133. The van der Waals surface area contributed by atoms with Crippen molar-refractivity contribution in [3.05, 3.63) is 0 Å². The second-order valence-corrected chi connectivity index (χ2v) is 8.04. The number of nitrogens with zero attached hydrogens (tertiary/aromatic N) is 4. The van der Waals surface area contributed by atoms with E-state index in [1.54, 1.807) is 28.1 Å². The van der Waals surface area contributed by atoms with Gasteiger partial charge in [0.15, 0.2) is 0 Å². The van der Waals surface area contributed by atoms with Gasteiger partial charge < -0.3 is 9.47 Å². The molecule has 2 fully saturated rings. The fourth-order valence-electron chi connectivity index (χ4n) is 4.74. The maximum Gasteiger partial charge on any atom is 0.234 e. The van der Waals surface area contributed by atoms with E-state index in [-0.39, 0.29) is 36.0 Å². The number of hydrogen-bond donors (Lipinski definition) is 0. The maximum absolute atomic E-state index is 12.6. The van der Waals surface area contributed by atoms with Gasteiger partial charge in [0.1, 0.15) is 0 Å². The fourth-order valence-corrected chi connectivity index (χ4v) is 4.74. The Morgan fingerprint density at radius 2 is 1.21 bits per heavy atom. The van der Waals surface area contributed by atoms with Crippen LogP contribution in [0.1, 0.15) is 53.4 Å². The minimum Gasteiger partial charge on any atom is -0.383 e. The van der Waals surface area contributed by atoms with Crippen LogP contribution in [0.2, 0.25) is 0 Å². The summed E-state index contributed by atoms with van der Waals surface area (Å²) >= 11 is 0.